The van der Waals surface area contributed by atoms with E-state index in [1.807, 2.05) is 0 Å². The number of rotatable bonds is 7. The number of piperidine rings is 1. The van der Waals surface area contributed by atoms with E-state index < -0.39 is 23.4 Å². The summed E-state index contributed by atoms with van der Waals surface area (Å²) in [5.41, 5.74) is 0.249. The molecule has 3 aromatic rings. The zero-order valence-corrected chi connectivity index (χ0v) is 18.6. The molecule has 0 radical (unpaired) electrons. The highest BCUT2D eigenvalue weighted by Crippen LogP contribution is 2.34. The van der Waals surface area contributed by atoms with Crippen molar-refractivity contribution < 1.29 is 22.4 Å². The molecule has 4 N–H and O–H groups in total. The predicted octanol–water partition coefficient (Wildman–Crippen LogP) is 4.47. The molecule has 4 rings (SSSR count). The van der Waals surface area contributed by atoms with Crippen LogP contribution in [0.2, 0.25) is 0 Å². The third-order valence-corrected chi connectivity index (χ3v) is 5.46. The van der Waals surface area contributed by atoms with Gasteiger partial charge in [-0.3, -0.25) is 4.79 Å². The van der Waals surface area contributed by atoms with Crippen molar-refractivity contribution in [3.63, 3.8) is 0 Å². The van der Waals surface area contributed by atoms with Gasteiger partial charge in [0, 0.05) is 36.6 Å². The molecule has 1 amide bonds. The molecule has 1 aliphatic rings. The number of aromatic nitrogens is 2. The molecule has 1 saturated heterocycles. The van der Waals surface area contributed by atoms with Crippen LogP contribution in [0.4, 0.5) is 35.0 Å². The Bertz CT molecular complexity index is 1180. The number of hydrogen-bond donors (Lipinski definition) is 4. The first-order valence-electron chi connectivity index (χ1n) is 11.1. The number of benzene rings is 2. The summed E-state index contributed by atoms with van der Waals surface area (Å²) in [5, 5.41) is 11.7. The average Bonchev–Trinajstić information content (AvgIpc) is 2.83. The molecule has 11 heteroatoms. The maximum Gasteiger partial charge on any atom is 0.421 e. The third kappa shape index (κ3) is 6.66. The minimum Gasteiger partial charge on any atom is -0.365 e. The van der Waals surface area contributed by atoms with E-state index in [9.17, 15) is 22.4 Å². The second kappa shape index (κ2) is 10.7. The Kier molecular flexibility index (Phi) is 7.45. The van der Waals surface area contributed by atoms with Crippen molar-refractivity contribution in [3.8, 4) is 0 Å². The summed E-state index contributed by atoms with van der Waals surface area (Å²) >= 11 is 0. The Morgan fingerprint density at radius 2 is 1.97 bits per heavy atom. The van der Waals surface area contributed by atoms with Gasteiger partial charge in [-0.1, -0.05) is 18.2 Å². The first-order chi connectivity index (χ1) is 16.8. The summed E-state index contributed by atoms with van der Waals surface area (Å²) in [6.07, 6.45) is -2.14. The van der Waals surface area contributed by atoms with Gasteiger partial charge < -0.3 is 21.3 Å². The molecule has 0 aliphatic carbocycles. The van der Waals surface area contributed by atoms with Crippen molar-refractivity contribution in [1.29, 1.82) is 0 Å². The number of amides is 1. The molecule has 0 saturated carbocycles. The van der Waals surface area contributed by atoms with Gasteiger partial charge in [-0.25, -0.2) is 9.37 Å². The van der Waals surface area contributed by atoms with Crippen LogP contribution in [0.1, 0.15) is 34.3 Å². The van der Waals surface area contributed by atoms with Crippen LogP contribution < -0.4 is 21.3 Å². The van der Waals surface area contributed by atoms with Gasteiger partial charge in [-0.05, 0) is 55.3 Å². The van der Waals surface area contributed by atoms with E-state index in [1.165, 1.54) is 18.2 Å². The van der Waals surface area contributed by atoms with Crippen LogP contribution in [-0.2, 0) is 12.7 Å². The summed E-state index contributed by atoms with van der Waals surface area (Å²) in [5.74, 6) is -1.27. The Morgan fingerprint density at radius 3 is 2.71 bits per heavy atom. The van der Waals surface area contributed by atoms with E-state index in [-0.39, 0.29) is 24.4 Å². The van der Waals surface area contributed by atoms with Gasteiger partial charge in [-0.15, -0.1) is 0 Å². The summed E-state index contributed by atoms with van der Waals surface area (Å²) in [6, 6.07) is 12.1. The van der Waals surface area contributed by atoms with Crippen LogP contribution >= 0.6 is 0 Å². The largest absolute Gasteiger partial charge is 0.421 e. The molecule has 2 heterocycles. The number of carbonyl (C=O) groups is 1. The fourth-order valence-corrected chi connectivity index (χ4v) is 3.73. The lowest BCUT2D eigenvalue weighted by Gasteiger charge is -2.23. The van der Waals surface area contributed by atoms with E-state index in [0.29, 0.717) is 29.6 Å². The third-order valence-electron chi connectivity index (χ3n) is 5.46. The minimum absolute atomic E-state index is 0.0397. The Labute approximate surface area is 199 Å². The number of hydrogen-bond acceptors (Lipinski definition) is 6. The van der Waals surface area contributed by atoms with Crippen molar-refractivity contribution in [3.05, 3.63) is 77.2 Å². The molecule has 1 fully saturated rings. The Morgan fingerprint density at radius 1 is 1.14 bits per heavy atom. The van der Waals surface area contributed by atoms with Crippen molar-refractivity contribution in [2.45, 2.75) is 31.6 Å². The lowest BCUT2D eigenvalue weighted by molar-refractivity contribution is -0.137. The van der Waals surface area contributed by atoms with Crippen molar-refractivity contribution in [2.75, 3.05) is 23.7 Å². The monoisotopic (exact) mass is 488 g/mol. The SMILES string of the molecule is O=C(N[C@H]1CCCNC1)c1cccc(Nc2ncc(C(F)(F)F)c(NCc3cccc(F)c3)n2)c1. The molecule has 1 atom stereocenters. The maximum absolute atomic E-state index is 13.5. The zero-order chi connectivity index (χ0) is 24.8. The standard InChI is InChI=1S/C24H24F4N6O/c25-17-6-1-4-15(10-17)12-30-21-20(24(26,27)28)14-31-23(34-21)33-18-7-2-5-16(11-18)22(35)32-19-8-3-9-29-13-19/h1-2,4-7,10-11,14,19,29H,3,8-9,12-13H2,(H,32,35)(H2,30,31,33,34)/t19-/m0/s1. The molecular weight excluding hydrogens is 464 g/mol. The summed E-state index contributed by atoms with van der Waals surface area (Å²) in [6.45, 7) is 1.56. The van der Waals surface area contributed by atoms with Gasteiger partial charge in [0.25, 0.3) is 5.91 Å². The molecule has 2 aromatic carbocycles. The molecule has 7 nitrogen and oxygen atoms in total. The number of halogens is 4. The Balaban J connectivity index is 1.50. The normalized spacial score (nSPS) is 15.9. The van der Waals surface area contributed by atoms with Crippen LogP contribution in [0.3, 0.4) is 0 Å². The predicted molar refractivity (Wildman–Crippen MR) is 124 cm³/mol. The van der Waals surface area contributed by atoms with E-state index >= 15 is 0 Å². The van der Waals surface area contributed by atoms with Crippen LogP contribution in [0, 0.1) is 5.82 Å². The molecular formula is C24H24F4N6O. The van der Waals surface area contributed by atoms with Crippen LogP contribution in [-0.4, -0.2) is 35.0 Å². The molecule has 0 spiro atoms. The maximum atomic E-state index is 13.5. The first-order valence-corrected chi connectivity index (χ1v) is 11.1. The van der Waals surface area contributed by atoms with Gasteiger partial charge in [-0.2, -0.15) is 18.2 Å². The zero-order valence-electron chi connectivity index (χ0n) is 18.6. The smallest absolute Gasteiger partial charge is 0.365 e. The van der Waals surface area contributed by atoms with Gasteiger partial charge in [0.1, 0.15) is 17.2 Å². The summed E-state index contributed by atoms with van der Waals surface area (Å²) in [4.78, 5) is 20.4. The second-order valence-corrected chi connectivity index (χ2v) is 8.16. The van der Waals surface area contributed by atoms with Gasteiger partial charge in [0.15, 0.2) is 0 Å². The molecule has 0 unspecified atom stereocenters. The summed E-state index contributed by atoms with van der Waals surface area (Å²) in [7, 11) is 0. The van der Waals surface area contributed by atoms with Gasteiger partial charge >= 0.3 is 6.18 Å². The average molecular weight is 488 g/mol. The molecule has 1 aromatic heterocycles. The second-order valence-electron chi connectivity index (χ2n) is 8.16. The molecule has 1 aliphatic heterocycles. The van der Waals surface area contributed by atoms with Crippen LogP contribution in [0.15, 0.2) is 54.7 Å². The van der Waals surface area contributed by atoms with E-state index in [4.69, 9.17) is 0 Å². The lowest BCUT2D eigenvalue weighted by atomic mass is 10.1. The molecule has 184 valence electrons. The van der Waals surface area contributed by atoms with E-state index in [0.717, 1.165) is 19.4 Å². The number of carbonyl (C=O) groups excluding carboxylic acids is 1. The highest BCUT2D eigenvalue weighted by Gasteiger charge is 2.35. The minimum atomic E-state index is -4.69. The van der Waals surface area contributed by atoms with Crippen LogP contribution in [0.5, 0.6) is 0 Å². The van der Waals surface area contributed by atoms with E-state index in [1.54, 1.807) is 30.3 Å². The molecule has 0 bridgehead atoms. The molecule has 35 heavy (non-hydrogen) atoms. The topological polar surface area (TPSA) is 91.0 Å². The number of alkyl halides is 3. The number of anilines is 3. The number of nitrogens with zero attached hydrogens (tertiary/aromatic N) is 2. The van der Waals surface area contributed by atoms with Crippen LogP contribution in [0.25, 0.3) is 0 Å². The van der Waals surface area contributed by atoms with Crippen molar-refractivity contribution in [2.24, 2.45) is 0 Å². The fourth-order valence-electron chi connectivity index (χ4n) is 3.73. The lowest BCUT2D eigenvalue weighted by Crippen LogP contribution is -2.45. The quantitative estimate of drug-likeness (QED) is 0.367. The van der Waals surface area contributed by atoms with Crippen molar-refractivity contribution >= 4 is 23.4 Å². The first kappa shape index (κ1) is 24.4. The highest BCUT2D eigenvalue weighted by molar-refractivity contribution is 5.95. The highest BCUT2D eigenvalue weighted by atomic mass is 19.4. The van der Waals surface area contributed by atoms with Gasteiger partial charge in [0.2, 0.25) is 5.95 Å². The van der Waals surface area contributed by atoms with Gasteiger partial charge in [0.05, 0.1) is 0 Å². The Hall–Kier alpha value is -3.73. The van der Waals surface area contributed by atoms with Crippen molar-refractivity contribution in [1.82, 2.24) is 20.6 Å². The number of nitrogens with one attached hydrogen (secondary N) is 4. The summed E-state index contributed by atoms with van der Waals surface area (Å²) < 4.78 is 53.9. The van der Waals surface area contributed by atoms with E-state index in [2.05, 4.69) is 31.2 Å². The fraction of sp³-hybridized carbons (Fsp3) is 0.292.